The molecule has 0 saturated heterocycles. The first kappa shape index (κ1) is 27.9. The third-order valence-corrected chi connectivity index (χ3v) is 12.2. The Hall–Kier alpha value is -2.61. The summed E-state index contributed by atoms with van der Waals surface area (Å²) in [5.41, 5.74) is -1.43. The van der Waals surface area contributed by atoms with Gasteiger partial charge in [-0.2, -0.15) is 0 Å². The van der Waals surface area contributed by atoms with Crippen LogP contribution in [0.5, 0.6) is 0 Å². The summed E-state index contributed by atoms with van der Waals surface area (Å²) in [5.74, 6) is -0.438. The van der Waals surface area contributed by atoms with Crippen LogP contribution in [0.3, 0.4) is 0 Å². The predicted molar refractivity (Wildman–Crippen MR) is 149 cm³/mol. The summed E-state index contributed by atoms with van der Waals surface area (Å²) < 4.78 is 11.7. The van der Waals surface area contributed by atoms with Crippen LogP contribution in [-0.4, -0.2) is 46.7 Å². The average Bonchev–Trinajstić information content (AvgIpc) is 3.47. The van der Waals surface area contributed by atoms with Crippen LogP contribution in [-0.2, 0) is 14.3 Å². The highest BCUT2D eigenvalue weighted by molar-refractivity contribution is 8.26. The molecule has 8 atom stereocenters. The van der Waals surface area contributed by atoms with Gasteiger partial charge in [-0.05, 0) is 73.1 Å². The van der Waals surface area contributed by atoms with E-state index in [4.69, 9.17) is 9.15 Å². The Balaban J connectivity index is 1.62. The van der Waals surface area contributed by atoms with Gasteiger partial charge in [-0.15, -0.1) is 0 Å². The van der Waals surface area contributed by atoms with E-state index in [0.717, 1.165) is 12.8 Å². The maximum Gasteiger partial charge on any atom is 0.375 e. The van der Waals surface area contributed by atoms with Crippen LogP contribution in [0.15, 0.2) is 46.6 Å². The van der Waals surface area contributed by atoms with Crippen LogP contribution >= 0.6 is 11.8 Å². The normalized spacial score (nSPS) is 40.7. The van der Waals surface area contributed by atoms with Crippen molar-refractivity contribution in [3.05, 3.63) is 48.0 Å². The van der Waals surface area contributed by atoms with Crippen LogP contribution in [0.25, 0.3) is 0 Å². The number of hydrogen-bond donors (Lipinski definition) is 0. The molecular weight excluding hydrogens is 514 g/mol. The molecule has 7 nitrogen and oxygen atoms in total. The van der Waals surface area contributed by atoms with Crippen molar-refractivity contribution in [3.8, 4) is 0 Å². The van der Waals surface area contributed by atoms with E-state index in [9.17, 15) is 19.2 Å². The number of furan rings is 1. The molecule has 1 heterocycles. The minimum absolute atomic E-state index is 0.0380. The minimum atomic E-state index is -1.50. The Morgan fingerprint density at radius 1 is 1.10 bits per heavy atom. The van der Waals surface area contributed by atoms with Crippen molar-refractivity contribution in [1.29, 1.82) is 0 Å². The molecule has 1 aromatic heterocycles. The quantitative estimate of drug-likeness (QED) is 0.405. The third-order valence-electron chi connectivity index (χ3n) is 11.2. The number of carbonyl (C=O) groups excluding carboxylic acids is 4. The van der Waals surface area contributed by atoms with Crippen molar-refractivity contribution in [1.82, 2.24) is 4.90 Å². The number of rotatable bonds is 3. The van der Waals surface area contributed by atoms with Gasteiger partial charge in [0.15, 0.2) is 11.4 Å². The summed E-state index contributed by atoms with van der Waals surface area (Å²) in [7, 11) is 3.22. The summed E-state index contributed by atoms with van der Waals surface area (Å²) in [5, 5.41) is -0.807. The highest BCUT2D eigenvalue weighted by atomic mass is 32.2. The smallest absolute Gasteiger partial charge is 0.375 e. The molecule has 8 heteroatoms. The van der Waals surface area contributed by atoms with Crippen molar-refractivity contribution in [2.24, 2.45) is 39.9 Å². The van der Waals surface area contributed by atoms with Gasteiger partial charge < -0.3 is 14.1 Å². The number of amides is 1. The van der Waals surface area contributed by atoms with Crippen molar-refractivity contribution >= 4 is 33.9 Å². The Labute approximate surface area is 234 Å². The summed E-state index contributed by atoms with van der Waals surface area (Å²) in [6.07, 6.45) is 10.1. The van der Waals surface area contributed by atoms with E-state index >= 15 is 0 Å². The van der Waals surface area contributed by atoms with Crippen molar-refractivity contribution in [3.63, 3.8) is 0 Å². The SMILES string of the molecule is C[C@@H]1CC2[C@H]3CCC4=CC(=O)C=C[C@]4(C)C3(C)[C@@H](C)C[C@]2(C)[C@@]1(OC(=O)c1ccco1)C(=O)SC(=O)N(C)C. The first-order valence-corrected chi connectivity index (χ1v) is 14.7. The second-order valence-electron chi connectivity index (χ2n) is 13.0. The van der Waals surface area contributed by atoms with Gasteiger partial charge in [-0.25, -0.2) is 4.79 Å². The van der Waals surface area contributed by atoms with Crippen molar-refractivity contribution < 1.29 is 28.3 Å². The van der Waals surface area contributed by atoms with Crippen LogP contribution < -0.4 is 0 Å². The number of ketones is 1. The third kappa shape index (κ3) is 3.69. The second-order valence-corrected chi connectivity index (χ2v) is 13.9. The van der Waals surface area contributed by atoms with Crippen LogP contribution in [0.1, 0.15) is 70.9 Å². The fourth-order valence-corrected chi connectivity index (χ4v) is 9.98. The average molecular weight is 554 g/mol. The number of nitrogens with zero attached hydrogens (tertiary/aromatic N) is 1. The molecule has 5 rings (SSSR count). The second kappa shape index (κ2) is 9.22. The lowest BCUT2D eigenvalue weighted by atomic mass is 9.38. The molecule has 0 bridgehead atoms. The van der Waals surface area contributed by atoms with E-state index < -0.39 is 27.3 Å². The molecule has 0 N–H and O–H groups in total. The predicted octanol–water partition coefficient (Wildman–Crippen LogP) is 6.31. The van der Waals surface area contributed by atoms with Gasteiger partial charge in [0.2, 0.25) is 10.9 Å². The molecule has 4 aliphatic rings. The number of hydrogen-bond acceptors (Lipinski definition) is 7. The van der Waals surface area contributed by atoms with Crippen molar-refractivity contribution in [2.75, 3.05) is 14.1 Å². The number of allylic oxidation sites excluding steroid dienone is 4. The lowest BCUT2D eigenvalue weighted by Gasteiger charge is -2.66. The summed E-state index contributed by atoms with van der Waals surface area (Å²) in [6.45, 7) is 10.9. The summed E-state index contributed by atoms with van der Waals surface area (Å²) in [6, 6.07) is 3.15. The maximum atomic E-state index is 14.3. The molecule has 39 heavy (non-hydrogen) atoms. The molecular formula is C31H39NO6S. The highest BCUT2D eigenvalue weighted by Gasteiger charge is 2.75. The van der Waals surface area contributed by atoms with Gasteiger partial charge in [0.05, 0.1) is 6.26 Å². The lowest BCUT2D eigenvalue weighted by molar-refractivity contribution is -0.184. The fourth-order valence-electron chi connectivity index (χ4n) is 9.01. The molecule has 1 aromatic rings. The van der Waals surface area contributed by atoms with Crippen LogP contribution in [0.4, 0.5) is 4.79 Å². The number of fused-ring (bicyclic) bond motifs is 5. The van der Waals surface area contributed by atoms with Gasteiger partial charge in [0.1, 0.15) is 0 Å². The van der Waals surface area contributed by atoms with Gasteiger partial charge in [-0.1, -0.05) is 46.3 Å². The molecule has 3 fully saturated rings. The van der Waals surface area contributed by atoms with Gasteiger partial charge in [0.25, 0.3) is 5.24 Å². The van der Waals surface area contributed by atoms with Gasteiger partial charge >= 0.3 is 5.97 Å². The standard InChI is InChI=1S/C31H39NO6S/c1-18-15-23-22-11-10-20-16-21(33)12-13-28(20,3)30(22,5)19(2)17-29(23,4)31(18,26(35)39-27(36)32(6)7)38-25(34)24-9-8-14-37-24/h8-9,12-14,16,18-19,22-23H,10-11,15,17H2,1-7H3/t18-,19+,22-,23?,28+,29+,30?,31+/m1/s1. The number of esters is 1. The first-order chi connectivity index (χ1) is 18.2. The van der Waals surface area contributed by atoms with Crippen LogP contribution in [0.2, 0.25) is 0 Å². The molecule has 210 valence electrons. The number of carbonyl (C=O) groups is 4. The van der Waals surface area contributed by atoms with Gasteiger partial charge in [-0.3, -0.25) is 14.4 Å². The molecule has 2 unspecified atom stereocenters. The zero-order chi connectivity index (χ0) is 28.5. The van der Waals surface area contributed by atoms with E-state index in [1.165, 1.54) is 22.8 Å². The van der Waals surface area contributed by atoms with E-state index in [1.807, 2.05) is 13.0 Å². The Kier molecular flexibility index (Phi) is 6.60. The fraction of sp³-hybridized carbons (Fsp3) is 0.613. The Morgan fingerprint density at radius 2 is 1.82 bits per heavy atom. The van der Waals surface area contributed by atoms with E-state index in [-0.39, 0.29) is 46.0 Å². The number of ether oxygens (including phenoxy) is 1. The van der Waals surface area contributed by atoms with Crippen molar-refractivity contribution in [2.45, 2.75) is 65.9 Å². The minimum Gasteiger partial charge on any atom is -0.457 e. The van der Waals surface area contributed by atoms with E-state index in [2.05, 4.69) is 33.8 Å². The highest BCUT2D eigenvalue weighted by Crippen LogP contribution is 2.75. The molecule has 0 aliphatic heterocycles. The summed E-state index contributed by atoms with van der Waals surface area (Å²) in [4.78, 5) is 54.1. The molecule has 0 radical (unpaired) electrons. The molecule has 1 amide bonds. The molecule has 0 spiro atoms. The first-order valence-electron chi connectivity index (χ1n) is 13.9. The van der Waals surface area contributed by atoms with E-state index in [1.54, 1.807) is 26.2 Å². The van der Waals surface area contributed by atoms with E-state index in [0.29, 0.717) is 24.6 Å². The zero-order valence-corrected chi connectivity index (χ0v) is 24.7. The largest absolute Gasteiger partial charge is 0.457 e. The van der Waals surface area contributed by atoms with Gasteiger partial charge in [0, 0.05) is 42.6 Å². The lowest BCUT2D eigenvalue weighted by Crippen LogP contribution is -2.65. The summed E-state index contributed by atoms with van der Waals surface area (Å²) >= 11 is 0.631. The Bertz CT molecular complexity index is 1280. The molecule has 3 saturated carbocycles. The topological polar surface area (TPSA) is 93.9 Å². The molecule has 4 aliphatic carbocycles. The maximum absolute atomic E-state index is 14.3. The monoisotopic (exact) mass is 553 g/mol. The Morgan fingerprint density at radius 3 is 2.46 bits per heavy atom. The zero-order valence-electron chi connectivity index (χ0n) is 23.9. The number of thioether (sulfide) groups is 1. The molecule has 0 aromatic carbocycles. The van der Waals surface area contributed by atoms with Crippen LogP contribution in [0, 0.1) is 39.9 Å².